The number of nitrogens with zero attached hydrogens (tertiary/aromatic N) is 1. The molecule has 0 aliphatic heterocycles. The number of carbonyl (C=O) groups is 2. The molecule has 7 nitrogen and oxygen atoms in total. The molecule has 0 unspecified atom stereocenters. The quantitative estimate of drug-likeness (QED) is 0.418. The van der Waals surface area contributed by atoms with E-state index in [0.29, 0.717) is 10.6 Å². The van der Waals surface area contributed by atoms with Crippen molar-refractivity contribution in [1.82, 2.24) is 0 Å². The van der Waals surface area contributed by atoms with Gasteiger partial charge in [-0.15, -0.1) is 0 Å². The second kappa shape index (κ2) is 9.27. The number of nitro groups is 1. The Balaban J connectivity index is 2.03. The van der Waals surface area contributed by atoms with Gasteiger partial charge in [0.05, 0.1) is 16.5 Å². The lowest BCUT2D eigenvalue weighted by atomic mass is 9.88. The van der Waals surface area contributed by atoms with Gasteiger partial charge >= 0.3 is 5.97 Å². The zero-order valence-corrected chi connectivity index (χ0v) is 15.9. The van der Waals surface area contributed by atoms with Crippen LogP contribution in [0.15, 0.2) is 42.5 Å². The Morgan fingerprint density at radius 3 is 2.43 bits per heavy atom. The van der Waals surface area contributed by atoms with Gasteiger partial charge in [0.15, 0.2) is 6.61 Å². The third kappa shape index (κ3) is 5.50. The maximum Gasteiger partial charge on any atom is 0.314 e. The number of nitro benzene ring substituents is 1. The summed E-state index contributed by atoms with van der Waals surface area (Å²) >= 11 is 5.86. The molecule has 0 aliphatic rings. The average molecular weight is 409 g/mol. The van der Waals surface area contributed by atoms with Gasteiger partial charge in [0.1, 0.15) is 5.82 Å². The van der Waals surface area contributed by atoms with E-state index >= 15 is 0 Å². The van der Waals surface area contributed by atoms with Crippen LogP contribution in [0.4, 0.5) is 15.8 Å². The summed E-state index contributed by atoms with van der Waals surface area (Å²) in [6.45, 7) is 3.01. The monoisotopic (exact) mass is 408 g/mol. The van der Waals surface area contributed by atoms with Crippen molar-refractivity contribution < 1.29 is 23.6 Å². The molecule has 0 radical (unpaired) electrons. The van der Waals surface area contributed by atoms with Crippen molar-refractivity contribution in [2.24, 2.45) is 5.92 Å². The summed E-state index contributed by atoms with van der Waals surface area (Å²) in [6, 6.07) is 9.44. The molecular formula is C19H18ClFN2O5. The first-order valence-corrected chi connectivity index (χ1v) is 8.72. The smallest absolute Gasteiger partial charge is 0.314 e. The number of halogens is 2. The van der Waals surface area contributed by atoms with E-state index in [1.54, 1.807) is 24.3 Å². The minimum absolute atomic E-state index is 0.106. The lowest BCUT2D eigenvalue weighted by molar-refractivity contribution is -0.384. The molecular weight excluding hydrogens is 391 g/mol. The Hall–Kier alpha value is -3.00. The highest BCUT2D eigenvalue weighted by molar-refractivity contribution is 6.30. The van der Waals surface area contributed by atoms with Crippen molar-refractivity contribution in [3.8, 4) is 0 Å². The number of non-ortho nitro benzene ring substituents is 1. The molecule has 1 N–H and O–H groups in total. The van der Waals surface area contributed by atoms with Gasteiger partial charge in [0.2, 0.25) is 0 Å². The summed E-state index contributed by atoms with van der Waals surface area (Å²) in [6.07, 6.45) is 0. The maximum atomic E-state index is 13.7. The molecule has 0 saturated carbocycles. The zero-order chi connectivity index (χ0) is 20.8. The topological polar surface area (TPSA) is 98.5 Å². The number of amides is 1. The molecule has 0 fully saturated rings. The summed E-state index contributed by atoms with van der Waals surface area (Å²) in [5.74, 6) is -2.99. The number of nitrogens with one attached hydrogen (secondary N) is 1. The van der Waals surface area contributed by atoms with Gasteiger partial charge in [-0.3, -0.25) is 19.7 Å². The fourth-order valence-electron chi connectivity index (χ4n) is 2.60. The predicted octanol–water partition coefficient (Wildman–Crippen LogP) is 4.31. The minimum Gasteiger partial charge on any atom is -0.455 e. The van der Waals surface area contributed by atoms with Gasteiger partial charge in [0, 0.05) is 17.2 Å². The molecule has 0 aliphatic carbocycles. The molecule has 0 saturated heterocycles. The number of carbonyl (C=O) groups excluding carboxylic acids is 2. The predicted molar refractivity (Wildman–Crippen MR) is 102 cm³/mol. The second-order valence-corrected chi connectivity index (χ2v) is 6.79. The highest BCUT2D eigenvalue weighted by Crippen LogP contribution is 2.27. The minimum atomic E-state index is -0.841. The second-order valence-electron chi connectivity index (χ2n) is 6.35. The van der Waals surface area contributed by atoms with Crippen molar-refractivity contribution in [1.29, 1.82) is 0 Å². The van der Waals surface area contributed by atoms with Crippen LogP contribution < -0.4 is 5.32 Å². The average Bonchev–Trinajstić information content (AvgIpc) is 2.63. The molecule has 2 aromatic carbocycles. The molecule has 2 aromatic rings. The van der Waals surface area contributed by atoms with Crippen LogP contribution in [0.25, 0.3) is 0 Å². The zero-order valence-electron chi connectivity index (χ0n) is 15.1. The van der Waals surface area contributed by atoms with Crippen LogP contribution in [0.1, 0.15) is 25.3 Å². The number of anilines is 1. The van der Waals surface area contributed by atoms with E-state index in [1.165, 1.54) is 0 Å². The van der Waals surface area contributed by atoms with Crippen LogP contribution in [0.5, 0.6) is 0 Å². The van der Waals surface area contributed by atoms with Gasteiger partial charge in [-0.1, -0.05) is 37.6 Å². The van der Waals surface area contributed by atoms with Gasteiger partial charge in [-0.25, -0.2) is 4.39 Å². The fraction of sp³-hybridized carbons (Fsp3) is 0.263. The molecule has 0 aromatic heterocycles. The number of hydrogen-bond donors (Lipinski definition) is 1. The third-order valence-corrected chi connectivity index (χ3v) is 4.18. The van der Waals surface area contributed by atoms with Crippen LogP contribution in [0.3, 0.4) is 0 Å². The van der Waals surface area contributed by atoms with E-state index in [2.05, 4.69) is 5.32 Å². The Labute approximate surface area is 165 Å². The van der Waals surface area contributed by atoms with Crippen LogP contribution in [-0.2, 0) is 14.3 Å². The van der Waals surface area contributed by atoms with Crippen LogP contribution in [0.2, 0.25) is 5.02 Å². The SMILES string of the molecule is CC(C)[C@H](C(=O)OCC(=O)Nc1cc([N+](=O)[O-])ccc1F)c1ccc(Cl)cc1. The molecule has 2 rings (SSSR count). The van der Waals surface area contributed by atoms with Crippen LogP contribution in [0, 0.1) is 21.8 Å². The van der Waals surface area contributed by atoms with E-state index in [-0.39, 0.29) is 17.3 Å². The van der Waals surface area contributed by atoms with Gasteiger partial charge < -0.3 is 10.1 Å². The summed E-state index contributed by atoms with van der Waals surface area (Å²) in [5, 5.41) is 13.4. The van der Waals surface area contributed by atoms with E-state index < -0.39 is 35.1 Å². The summed E-state index contributed by atoms with van der Waals surface area (Å²) < 4.78 is 18.8. The van der Waals surface area contributed by atoms with Crippen LogP contribution >= 0.6 is 11.6 Å². The summed E-state index contributed by atoms with van der Waals surface area (Å²) in [4.78, 5) is 34.5. The number of hydrogen-bond acceptors (Lipinski definition) is 5. The van der Waals surface area contributed by atoms with E-state index in [1.807, 2.05) is 13.8 Å². The number of rotatable bonds is 7. The Kier molecular flexibility index (Phi) is 7.06. The molecule has 148 valence electrons. The van der Waals surface area contributed by atoms with Gasteiger partial charge in [0.25, 0.3) is 11.6 Å². The van der Waals surface area contributed by atoms with Crippen LogP contribution in [-0.4, -0.2) is 23.4 Å². The van der Waals surface area contributed by atoms with Gasteiger partial charge in [-0.2, -0.15) is 0 Å². The Morgan fingerprint density at radius 1 is 1.21 bits per heavy atom. The van der Waals surface area contributed by atoms with Crippen molar-refractivity contribution in [2.45, 2.75) is 19.8 Å². The van der Waals surface area contributed by atoms with Crippen molar-refractivity contribution in [3.63, 3.8) is 0 Å². The van der Waals surface area contributed by atoms with E-state index in [0.717, 1.165) is 18.2 Å². The molecule has 0 spiro atoms. The molecule has 28 heavy (non-hydrogen) atoms. The van der Waals surface area contributed by atoms with Crippen molar-refractivity contribution >= 4 is 34.9 Å². The first kappa shape index (κ1) is 21.3. The molecule has 1 amide bonds. The first-order valence-electron chi connectivity index (χ1n) is 8.35. The number of esters is 1. The normalized spacial score (nSPS) is 11.8. The Bertz CT molecular complexity index is 886. The number of ether oxygens (including phenoxy) is 1. The van der Waals surface area contributed by atoms with E-state index in [4.69, 9.17) is 16.3 Å². The summed E-state index contributed by atoms with van der Waals surface area (Å²) in [7, 11) is 0. The number of benzene rings is 2. The van der Waals surface area contributed by atoms with Gasteiger partial charge in [-0.05, 0) is 29.7 Å². The molecule has 0 heterocycles. The third-order valence-electron chi connectivity index (χ3n) is 3.93. The van der Waals surface area contributed by atoms with Crippen molar-refractivity contribution in [3.05, 3.63) is 69.0 Å². The molecule has 1 atom stereocenters. The largest absolute Gasteiger partial charge is 0.455 e. The first-order chi connectivity index (χ1) is 13.2. The molecule has 9 heteroatoms. The Morgan fingerprint density at radius 2 is 1.86 bits per heavy atom. The lowest BCUT2D eigenvalue weighted by Gasteiger charge is -2.20. The van der Waals surface area contributed by atoms with Crippen molar-refractivity contribution in [2.75, 3.05) is 11.9 Å². The van der Waals surface area contributed by atoms with E-state index in [9.17, 15) is 24.1 Å². The standard InChI is InChI=1S/C19H18ClFN2O5/c1-11(2)18(12-3-5-13(20)6-4-12)19(25)28-10-17(24)22-16-9-14(23(26)27)7-8-15(16)21/h3-9,11,18H,10H2,1-2H3,(H,22,24)/t18-/m0/s1. The maximum absolute atomic E-state index is 13.7. The lowest BCUT2D eigenvalue weighted by Crippen LogP contribution is -2.26. The fourth-order valence-corrected chi connectivity index (χ4v) is 2.72. The summed E-state index contributed by atoms with van der Waals surface area (Å²) in [5.41, 5.74) is -0.0563. The molecule has 0 bridgehead atoms. The highest BCUT2D eigenvalue weighted by atomic mass is 35.5. The highest BCUT2D eigenvalue weighted by Gasteiger charge is 2.26.